The van der Waals surface area contributed by atoms with Crippen molar-refractivity contribution in [2.75, 3.05) is 6.26 Å². The monoisotopic (exact) mass is 248 g/mol. The highest BCUT2D eigenvalue weighted by atomic mass is 32.2. The summed E-state index contributed by atoms with van der Waals surface area (Å²) < 4.78 is 49.6. The van der Waals surface area contributed by atoms with Gasteiger partial charge in [0.05, 0.1) is 11.2 Å². The fourth-order valence-electron chi connectivity index (χ4n) is 1.61. The molecule has 6 heteroatoms. The molecule has 16 heavy (non-hydrogen) atoms. The lowest BCUT2D eigenvalue weighted by Gasteiger charge is -2.12. The average molecular weight is 248 g/mol. The second-order valence-electron chi connectivity index (χ2n) is 4.04. The Balaban J connectivity index is 2.70. The Bertz CT molecular complexity index is 547. The van der Waals surface area contributed by atoms with E-state index in [9.17, 15) is 22.3 Å². The summed E-state index contributed by atoms with van der Waals surface area (Å²) in [6.45, 7) is 0. The largest absolute Gasteiger partial charge is 0.385 e. The van der Waals surface area contributed by atoms with Crippen molar-refractivity contribution in [1.82, 2.24) is 0 Å². The maximum absolute atomic E-state index is 13.8. The normalized spacial score (nSPS) is 18.5. The van der Waals surface area contributed by atoms with E-state index >= 15 is 0 Å². The predicted octanol–water partition coefficient (Wildman–Crippen LogP) is 1.35. The van der Waals surface area contributed by atoms with E-state index in [-0.39, 0.29) is 12.8 Å². The topological polar surface area (TPSA) is 54.4 Å². The highest BCUT2D eigenvalue weighted by molar-refractivity contribution is 7.90. The lowest BCUT2D eigenvalue weighted by Crippen LogP contribution is -2.14. The van der Waals surface area contributed by atoms with E-state index in [0.717, 1.165) is 18.4 Å². The summed E-state index contributed by atoms with van der Waals surface area (Å²) in [7, 11) is -3.76. The van der Waals surface area contributed by atoms with Gasteiger partial charge in [-0.25, -0.2) is 17.2 Å². The number of hydrogen-bond acceptors (Lipinski definition) is 3. The molecular weight excluding hydrogens is 238 g/mol. The first-order valence-electron chi connectivity index (χ1n) is 4.67. The predicted molar refractivity (Wildman–Crippen MR) is 52.6 cm³/mol. The molecule has 0 heterocycles. The Morgan fingerprint density at radius 1 is 1.31 bits per heavy atom. The molecule has 2 rings (SSSR count). The van der Waals surface area contributed by atoms with E-state index in [1.165, 1.54) is 0 Å². The molecule has 1 aromatic rings. The molecule has 0 radical (unpaired) electrons. The van der Waals surface area contributed by atoms with Gasteiger partial charge in [-0.2, -0.15) is 0 Å². The van der Waals surface area contributed by atoms with E-state index < -0.39 is 37.5 Å². The van der Waals surface area contributed by atoms with Gasteiger partial charge in [-0.1, -0.05) is 0 Å². The van der Waals surface area contributed by atoms with Crippen LogP contribution in [0.25, 0.3) is 0 Å². The van der Waals surface area contributed by atoms with Gasteiger partial charge in [0, 0.05) is 6.26 Å². The van der Waals surface area contributed by atoms with Crippen LogP contribution in [-0.4, -0.2) is 19.8 Å². The molecule has 0 atom stereocenters. The van der Waals surface area contributed by atoms with E-state index in [1.54, 1.807) is 0 Å². The molecule has 88 valence electrons. The summed E-state index contributed by atoms with van der Waals surface area (Å²) in [6.07, 6.45) is 1.33. The maximum atomic E-state index is 13.8. The van der Waals surface area contributed by atoms with Crippen molar-refractivity contribution in [3.05, 3.63) is 29.3 Å². The van der Waals surface area contributed by atoms with Crippen molar-refractivity contribution in [2.45, 2.75) is 23.3 Å². The molecule has 0 spiro atoms. The molecule has 0 amide bonds. The quantitative estimate of drug-likeness (QED) is 0.804. The Morgan fingerprint density at radius 2 is 1.88 bits per heavy atom. The van der Waals surface area contributed by atoms with Crippen LogP contribution >= 0.6 is 0 Å². The van der Waals surface area contributed by atoms with Crippen molar-refractivity contribution in [3.8, 4) is 0 Å². The fraction of sp³-hybridized carbons (Fsp3) is 0.400. The molecule has 1 fully saturated rings. The SMILES string of the molecule is CS(=O)(=O)c1ccc(F)c(C2(O)CC2)c1F. The zero-order valence-electron chi connectivity index (χ0n) is 8.50. The number of hydrogen-bond donors (Lipinski definition) is 1. The molecule has 1 N–H and O–H groups in total. The third-order valence-electron chi connectivity index (χ3n) is 2.64. The number of aliphatic hydroxyl groups is 1. The van der Waals surface area contributed by atoms with Gasteiger partial charge in [0.2, 0.25) is 0 Å². The Kier molecular flexibility index (Phi) is 2.32. The standard InChI is InChI=1S/C10H10F2O3S/c1-16(14,15)7-3-2-6(11)8(9(7)12)10(13)4-5-10/h2-3,13H,4-5H2,1H3. The second kappa shape index (κ2) is 3.24. The molecule has 0 aromatic heterocycles. The first-order valence-corrected chi connectivity index (χ1v) is 6.56. The van der Waals surface area contributed by atoms with Crippen LogP contribution in [-0.2, 0) is 15.4 Å². The van der Waals surface area contributed by atoms with E-state index in [0.29, 0.717) is 0 Å². The van der Waals surface area contributed by atoms with Gasteiger partial charge in [0.25, 0.3) is 0 Å². The van der Waals surface area contributed by atoms with Gasteiger partial charge in [0.1, 0.15) is 10.7 Å². The molecular formula is C10H10F2O3S. The summed E-state index contributed by atoms with van der Waals surface area (Å²) in [6, 6.07) is 1.74. The minimum absolute atomic E-state index is 0.244. The molecule has 1 aromatic carbocycles. The van der Waals surface area contributed by atoms with Gasteiger partial charge in [-0.15, -0.1) is 0 Å². The molecule has 1 saturated carbocycles. The summed E-state index contributed by atoms with van der Waals surface area (Å²) in [5.74, 6) is -2.09. The molecule has 1 aliphatic carbocycles. The Labute approximate surface area is 91.6 Å². The zero-order chi connectivity index (χ0) is 12.1. The summed E-state index contributed by atoms with van der Waals surface area (Å²) in [5.41, 5.74) is -2.06. The first-order chi connectivity index (χ1) is 7.26. The first kappa shape index (κ1) is 11.5. The minimum atomic E-state index is -3.76. The van der Waals surface area contributed by atoms with Crippen molar-refractivity contribution in [3.63, 3.8) is 0 Å². The van der Waals surface area contributed by atoms with Crippen LogP contribution in [0.15, 0.2) is 17.0 Å². The molecule has 0 saturated heterocycles. The van der Waals surface area contributed by atoms with Gasteiger partial charge in [-0.3, -0.25) is 0 Å². The van der Waals surface area contributed by atoms with E-state index in [1.807, 2.05) is 0 Å². The lowest BCUT2D eigenvalue weighted by molar-refractivity contribution is 0.141. The van der Waals surface area contributed by atoms with Crippen molar-refractivity contribution < 1.29 is 22.3 Å². The maximum Gasteiger partial charge on any atom is 0.178 e. The summed E-state index contributed by atoms with van der Waals surface area (Å²) in [4.78, 5) is -0.579. The van der Waals surface area contributed by atoms with Gasteiger partial charge >= 0.3 is 0 Å². The van der Waals surface area contributed by atoms with E-state index in [4.69, 9.17) is 0 Å². The zero-order valence-corrected chi connectivity index (χ0v) is 9.31. The van der Waals surface area contributed by atoms with Crippen LogP contribution in [0, 0.1) is 11.6 Å². The van der Waals surface area contributed by atoms with Gasteiger partial charge in [0.15, 0.2) is 15.7 Å². The average Bonchev–Trinajstić information content (AvgIpc) is 2.81. The number of rotatable bonds is 2. The van der Waals surface area contributed by atoms with E-state index in [2.05, 4.69) is 0 Å². The molecule has 3 nitrogen and oxygen atoms in total. The number of benzene rings is 1. The third kappa shape index (κ3) is 1.72. The van der Waals surface area contributed by atoms with Crippen LogP contribution in [0.4, 0.5) is 8.78 Å². The number of halogens is 2. The molecule has 0 aliphatic heterocycles. The van der Waals surface area contributed by atoms with Crippen LogP contribution in [0.5, 0.6) is 0 Å². The highest BCUT2D eigenvalue weighted by Gasteiger charge is 2.47. The third-order valence-corrected chi connectivity index (χ3v) is 3.76. The van der Waals surface area contributed by atoms with Crippen LogP contribution < -0.4 is 0 Å². The fourth-order valence-corrected chi connectivity index (χ4v) is 2.36. The lowest BCUT2D eigenvalue weighted by atomic mass is 10.1. The molecule has 0 unspecified atom stereocenters. The van der Waals surface area contributed by atoms with Crippen molar-refractivity contribution in [1.29, 1.82) is 0 Å². The second-order valence-corrected chi connectivity index (χ2v) is 6.02. The van der Waals surface area contributed by atoms with Crippen molar-refractivity contribution in [2.24, 2.45) is 0 Å². The van der Waals surface area contributed by atoms with Crippen LogP contribution in [0.2, 0.25) is 0 Å². The highest BCUT2D eigenvalue weighted by Crippen LogP contribution is 2.48. The Hall–Kier alpha value is -1.01. The van der Waals surface area contributed by atoms with Gasteiger partial charge < -0.3 is 5.11 Å². The Morgan fingerprint density at radius 3 is 2.31 bits per heavy atom. The van der Waals surface area contributed by atoms with Crippen molar-refractivity contribution >= 4 is 9.84 Å². The van der Waals surface area contributed by atoms with Gasteiger partial charge in [-0.05, 0) is 25.0 Å². The smallest absolute Gasteiger partial charge is 0.178 e. The minimum Gasteiger partial charge on any atom is -0.385 e. The number of sulfone groups is 1. The molecule has 1 aliphatic rings. The molecule has 0 bridgehead atoms. The summed E-state index contributed by atoms with van der Waals surface area (Å²) >= 11 is 0. The summed E-state index contributed by atoms with van der Waals surface area (Å²) in [5, 5.41) is 9.68. The van der Waals surface area contributed by atoms with Crippen LogP contribution in [0.3, 0.4) is 0 Å². The van der Waals surface area contributed by atoms with Crippen LogP contribution in [0.1, 0.15) is 18.4 Å².